The lowest BCUT2D eigenvalue weighted by Crippen LogP contribution is -2.37. The van der Waals surface area contributed by atoms with E-state index < -0.39 is 5.60 Å². The van der Waals surface area contributed by atoms with Crippen molar-refractivity contribution in [2.45, 2.75) is 18.9 Å². The van der Waals surface area contributed by atoms with E-state index in [1.54, 1.807) is 18.5 Å². The minimum atomic E-state index is -0.925. The van der Waals surface area contributed by atoms with Crippen LogP contribution in [0.2, 0.25) is 0 Å². The summed E-state index contributed by atoms with van der Waals surface area (Å²) in [6.07, 6.45) is 0.397. The van der Waals surface area contributed by atoms with Crippen molar-refractivity contribution in [1.29, 1.82) is 0 Å². The Morgan fingerprint density at radius 3 is 2.64 bits per heavy atom. The van der Waals surface area contributed by atoms with Gasteiger partial charge in [0.05, 0.1) is 5.60 Å². The first-order valence-electron chi connectivity index (χ1n) is 4.48. The second-order valence-corrected chi connectivity index (χ2v) is 3.63. The lowest BCUT2D eigenvalue weighted by atomic mass is 10.0. The fraction of sp³-hybridized carbons (Fsp3) is 0.750. The highest BCUT2D eigenvalue weighted by molar-refractivity contribution is 5.24. The third-order valence-electron chi connectivity index (χ3n) is 2.17. The Morgan fingerprint density at radius 1 is 1.57 bits per heavy atom. The van der Waals surface area contributed by atoms with Gasteiger partial charge < -0.3 is 20.7 Å². The van der Waals surface area contributed by atoms with Gasteiger partial charge in [-0.25, -0.2) is 0 Å². The summed E-state index contributed by atoms with van der Waals surface area (Å²) in [6.45, 7) is 1.88. The molecule has 0 amide bonds. The summed E-state index contributed by atoms with van der Waals surface area (Å²) in [7, 11) is 3.61. The third-order valence-corrected chi connectivity index (χ3v) is 2.17. The van der Waals surface area contributed by atoms with E-state index in [9.17, 15) is 5.11 Å². The van der Waals surface area contributed by atoms with E-state index in [4.69, 9.17) is 5.73 Å². The molecule has 1 aromatic heterocycles. The van der Waals surface area contributed by atoms with Crippen LogP contribution >= 0.6 is 0 Å². The number of nitrogens with two attached hydrogens (primary N) is 1. The topological polar surface area (TPSA) is 89.0 Å². The van der Waals surface area contributed by atoms with E-state index >= 15 is 0 Å². The van der Waals surface area contributed by atoms with Crippen LogP contribution in [0, 0.1) is 0 Å². The molecule has 1 atom stereocenters. The smallest absolute Gasteiger partial charge is 0.224 e. The second kappa shape index (κ2) is 3.93. The largest absolute Gasteiger partial charge is 0.388 e. The van der Waals surface area contributed by atoms with Crippen LogP contribution in [0.15, 0.2) is 0 Å². The number of hydrogen-bond donors (Lipinski definition) is 3. The van der Waals surface area contributed by atoms with E-state index in [0.29, 0.717) is 18.2 Å². The molecule has 1 rings (SSSR count). The van der Waals surface area contributed by atoms with Gasteiger partial charge in [0.15, 0.2) is 0 Å². The second-order valence-electron chi connectivity index (χ2n) is 3.63. The summed E-state index contributed by atoms with van der Waals surface area (Å²) in [5.74, 6) is 1.39. The number of nitrogens with one attached hydrogen (secondary N) is 1. The molecule has 14 heavy (non-hydrogen) atoms. The zero-order chi connectivity index (χ0) is 10.8. The standard InChI is InChI=1S/C8H17N5O/c1-8(14,5-9)4-6-11-12-7(10-2)13(6)3/h14H,4-5,9H2,1-3H3,(H,10,12). The van der Waals surface area contributed by atoms with Crippen LogP contribution < -0.4 is 11.1 Å². The molecule has 4 N–H and O–H groups in total. The molecule has 0 aliphatic heterocycles. The molecular formula is C8H17N5O. The van der Waals surface area contributed by atoms with Crippen molar-refractivity contribution in [3.05, 3.63) is 5.82 Å². The maximum absolute atomic E-state index is 9.76. The maximum Gasteiger partial charge on any atom is 0.224 e. The van der Waals surface area contributed by atoms with Gasteiger partial charge in [0.25, 0.3) is 0 Å². The third kappa shape index (κ3) is 2.21. The summed E-state index contributed by atoms with van der Waals surface area (Å²) in [4.78, 5) is 0. The van der Waals surface area contributed by atoms with Gasteiger partial charge in [0.2, 0.25) is 5.95 Å². The number of aromatic nitrogens is 3. The molecule has 1 heterocycles. The van der Waals surface area contributed by atoms with E-state index in [1.165, 1.54) is 0 Å². The molecule has 0 bridgehead atoms. The molecule has 0 aliphatic rings. The van der Waals surface area contributed by atoms with E-state index in [1.807, 2.05) is 7.05 Å². The average Bonchev–Trinajstić information content (AvgIpc) is 2.47. The summed E-state index contributed by atoms with van der Waals surface area (Å²) >= 11 is 0. The van der Waals surface area contributed by atoms with Crippen LogP contribution in [0.25, 0.3) is 0 Å². The number of aliphatic hydroxyl groups is 1. The van der Waals surface area contributed by atoms with E-state index in [-0.39, 0.29) is 6.54 Å². The molecule has 0 spiro atoms. The summed E-state index contributed by atoms with van der Waals surface area (Å²) in [5.41, 5.74) is 4.50. The van der Waals surface area contributed by atoms with Gasteiger partial charge in [-0.1, -0.05) is 0 Å². The van der Waals surface area contributed by atoms with Crippen LogP contribution in [0.3, 0.4) is 0 Å². The molecule has 0 saturated carbocycles. The van der Waals surface area contributed by atoms with Crippen molar-refractivity contribution in [2.24, 2.45) is 12.8 Å². The average molecular weight is 199 g/mol. The summed E-state index contributed by atoms with van der Waals surface area (Å²) in [5, 5.41) is 20.5. The van der Waals surface area contributed by atoms with Crippen molar-refractivity contribution in [2.75, 3.05) is 18.9 Å². The predicted octanol–water partition coefficient (Wildman–Crippen LogP) is -0.891. The van der Waals surface area contributed by atoms with Gasteiger partial charge in [0, 0.05) is 27.1 Å². The zero-order valence-electron chi connectivity index (χ0n) is 8.78. The van der Waals surface area contributed by atoms with Crippen molar-refractivity contribution in [1.82, 2.24) is 14.8 Å². The zero-order valence-corrected chi connectivity index (χ0v) is 8.78. The highest BCUT2D eigenvalue weighted by Crippen LogP contribution is 2.12. The van der Waals surface area contributed by atoms with Crippen molar-refractivity contribution < 1.29 is 5.11 Å². The Bertz CT molecular complexity index is 307. The van der Waals surface area contributed by atoms with Crippen LogP contribution in [0.4, 0.5) is 5.95 Å². The van der Waals surface area contributed by atoms with Gasteiger partial charge in [-0.05, 0) is 6.92 Å². The lowest BCUT2D eigenvalue weighted by molar-refractivity contribution is 0.0668. The summed E-state index contributed by atoms with van der Waals surface area (Å²) in [6, 6.07) is 0. The van der Waals surface area contributed by atoms with Gasteiger partial charge in [-0.3, -0.25) is 0 Å². The van der Waals surface area contributed by atoms with Crippen LogP contribution in [0.5, 0.6) is 0 Å². The fourth-order valence-electron chi connectivity index (χ4n) is 1.15. The molecule has 1 unspecified atom stereocenters. The fourth-order valence-corrected chi connectivity index (χ4v) is 1.15. The Balaban J connectivity index is 2.82. The minimum absolute atomic E-state index is 0.203. The van der Waals surface area contributed by atoms with Gasteiger partial charge in [-0.15, -0.1) is 10.2 Å². The maximum atomic E-state index is 9.76. The molecule has 6 nitrogen and oxygen atoms in total. The van der Waals surface area contributed by atoms with Gasteiger partial charge in [0.1, 0.15) is 5.82 Å². The molecule has 0 fully saturated rings. The molecule has 80 valence electrons. The molecule has 1 aromatic rings. The Labute approximate surface area is 83.1 Å². The lowest BCUT2D eigenvalue weighted by Gasteiger charge is -2.19. The Morgan fingerprint density at radius 2 is 2.21 bits per heavy atom. The number of rotatable bonds is 4. The van der Waals surface area contributed by atoms with Crippen molar-refractivity contribution in [3.63, 3.8) is 0 Å². The minimum Gasteiger partial charge on any atom is -0.388 e. The molecule has 0 aliphatic carbocycles. The number of anilines is 1. The van der Waals surface area contributed by atoms with Crippen LogP contribution in [0.1, 0.15) is 12.7 Å². The molecule has 0 radical (unpaired) electrons. The first-order valence-corrected chi connectivity index (χ1v) is 4.48. The van der Waals surface area contributed by atoms with Crippen molar-refractivity contribution in [3.8, 4) is 0 Å². The molecule has 0 saturated heterocycles. The van der Waals surface area contributed by atoms with Gasteiger partial charge in [-0.2, -0.15) is 0 Å². The first kappa shape index (κ1) is 10.9. The van der Waals surface area contributed by atoms with Crippen LogP contribution in [-0.2, 0) is 13.5 Å². The van der Waals surface area contributed by atoms with Gasteiger partial charge >= 0.3 is 0 Å². The monoisotopic (exact) mass is 199 g/mol. The Kier molecular flexibility index (Phi) is 3.07. The van der Waals surface area contributed by atoms with Crippen molar-refractivity contribution >= 4 is 5.95 Å². The highest BCUT2D eigenvalue weighted by atomic mass is 16.3. The summed E-state index contributed by atoms with van der Waals surface area (Å²) < 4.78 is 1.80. The van der Waals surface area contributed by atoms with E-state index in [2.05, 4.69) is 15.5 Å². The molecular weight excluding hydrogens is 182 g/mol. The first-order chi connectivity index (χ1) is 6.50. The number of nitrogens with zero attached hydrogens (tertiary/aromatic N) is 3. The SMILES string of the molecule is CNc1nnc(CC(C)(O)CN)n1C. The quantitative estimate of drug-likeness (QED) is 0.585. The highest BCUT2D eigenvalue weighted by Gasteiger charge is 2.22. The normalized spacial score (nSPS) is 15.2. The Hall–Kier alpha value is -1.14. The number of hydrogen-bond acceptors (Lipinski definition) is 5. The van der Waals surface area contributed by atoms with E-state index in [0.717, 1.165) is 0 Å². The molecule has 0 aromatic carbocycles. The van der Waals surface area contributed by atoms with Crippen LogP contribution in [-0.4, -0.2) is 39.1 Å². The molecule has 6 heteroatoms. The predicted molar refractivity (Wildman–Crippen MR) is 53.9 cm³/mol.